The highest BCUT2D eigenvalue weighted by Crippen LogP contribution is 2.03. The van der Waals surface area contributed by atoms with E-state index in [4.69, 9.17) is 5.26 Å². The number of anilines is 1. The zero-order chi connectivity index (χ0) is 11.8. The summed E-state index contributed by atoms with van der Waals surface area (Å²) in [5.41, 5.74) is 0.522. The molecule has 0 aliphatic rings. The fraction of sp³-hybridized carbons (Fsp3) is 0.364. The monoisotopic (exact) mass is 218 g/mol. The van der Waals surface area contributed by atoms with Gasteiger partial charge in [0, 0.05) is 25.7 Å². The maximum Gasteiger partial charge on any atom is 0.221 e. The number of hydrogen-bond donors (Lipinski definition) is 2. The highest BCUT2D eigenvalue weighted by atomic mass is 16.1. The maximum atomic E-state index is 11.1. The molecule has 1 aromatic rings. The zero-order valence-corrected chi connectivity index (χ0v) is 9.16. The Hall–Kier alpha value is -2.09. The van der Waals surface area contributed by atoms with E-state index in [9.17, 15) is 4.79 Å². The summed E-state index contributed by atoms with van der Waals surface area (Å²) in [7, 11) is 0. The number of nitrogens with one attached hydrogen (secondary N) is 2. The number of aromatic nitrogens is 1. The number of hydrogen-bond acceptors (Lipinski definition) is 4. The van der Waals surface area contributed by atoms with Crippen molar-refractivity contribution in [1.82, 2.24) is 10.3 Å². The Labute approximate surface area is 94.5 Å². The average molecular weight is 218 g/mol. The Morgan fingerprint density at radius 2 is 2.38 bits per heavy atom. The predicted molar refractivity (Wildman–Crippen MR) is 60.7 cm³/mol. The number of pyridine rings is 1. The second-order valence-corrected chi connectivity index (χ2v) is 3.17. The molecule has 0 unspecified atom stereocenters. The molecule has 2 N–H and O–H groups in total. The van der Waals surface area contributed by atoms with Crippen molar-refractivity contribution in [1.29, 1.82) is 5.26 Å². The first-order chi connectivity index (χ1) is 7.76. The first kappa shape index (κ1) is 12.0. The van der Waals surface area contributed by atoms with E-state index in [1.165, 1.54) is 6.20 Å². The van der Waals surface area contributed by atoms with Gasteiger partial charge in [-0.3, -0.25) is 4.79 Å². The van der Waals surface area contributed by atoms with E-state index < -0.39 is 0 Å². The van der Waals surface area contributed by atoms with E-state index in [0.29, 0.717) is 30.9 Å². The molecule has 1 rings (SSSR count). The van der Waals surface area contributed by atoms with Crippen molar-refractivity contribution < 1.29 is 4.79 Å². The zero-order valence-electron chi connectivity index (χ0n) is 9.16. The molecular weight excluding hydrogens is 204 g/mol. The van der Waals surface area contributed by atoms with E-state index in [1.54, 1.807) is 12.1 Å². The van der Waals surface area contributed by atoms with E-state index in [2.05, 4.69) is 15.6 Å². The average Bonchev–Trinajstić information content (AvgIpc) is 2.30. The SMILES string of the molecule is CCNC(=O)CCNc1ccc(C#N)cn1. The third-order valence-electron chi connectivity index (χ3n) is 1.92. The Morgan fingerprint density at radius 3 is 2.94 bits per heavy atom. The molecule has 5 heteroatoms. The van der Waals surface area contributed by atoms with Crippen LogP contribution in [0.5, 0.6) is 0 Å². The second kappa shape index (κ2) is 6.40. The molecule has 0 radical (unpaired) electrons. The van der Waals surface area contributed by atoms with Gasteiger partial charge in [-0.05, 0) is 19.1 Å². The van der Waals surface area contributed by atoms with Crippen molar-refractivity contribution >= 4 is 11.7 Å². The molecule has 0 atom stereocenters. The van der Waals surface area contributed by atoms with Crippen LogP contribution in [0.3, 0.4) is 0 Å². The number of carbonyl (C=O) groups excluding carboxylic acids is 1. The van der Waals surface area contributed by atoms with Crippen LogP contribution >= 0.6 is 0 Å². The van der Waals surface area contributed by atoms with Crippen LogP contribution in [0.1, 0.15) is 18.9 Å². The van der Waals surface area contributed by atoms with Crippen LogP contribution in [0.2, 0.25) is 0 Å². The molecule has 1 amide bonds. The third kappa shape index (κ3) is 3.96. The van der Waals surface area contributed by atoms with Gasteiger partial charge in [0.2, 0.25) is 5.91 Å². The largest absolute Gasteiger partial charge is 0.370 e. The first-order valence-electron chi connectivity index (χ1n) is 5.13. The summed E-state index contributed by atoms with van der Waals surface area (Å²) in [6.45, 7) is 3.06. The standard InChI is InChI=1S/C11H14N4O/c1-2-13-11(16)5-6-14-10-4-3-9(7-12)8-15-10/h3-4,8H,2,5-6H2,1H3,(H,13,16)(H,14,15). The Kier molecular flexibility index (Phi) is 4.80. The van der Waals surface area contributed by atoms with Crippen LogP contribution in [0, 0.1) is 11.3 Å². The fourth-order valence-corrected chi connectivity index (χ4v) is 1.15. The number of amides is 1. The molecule has 0 saturated heterocycles. The lowest BCUT2D eigenvalue weighted by Crippen LogP contribution is -2.24. The van der Waals surface area contributed by atoms with Gasteiger partial charge in [-0.15, -0.1) is 0 Å². The highest BCUT2D eigenvalue weighted by molar-refractivity contribution is 5.76. The molecular formula is C11H14N4O. The Bertz CT molecular complexity index is 380. The highest BCUT2D eigenvalue weighted by Gasteiger charge is 1.99. The van der Waals surface area contributed by atoms with Gasteiger partial charge in [-0.1, -0.05) is 0 Å². The van der Waals surface area contributed by atoms with Crippen LogP contribution in [-0.2, 0) is 4.79 Å². The van der Waals surface area contributed by atoms with Crippen LogP contribution in [0.4, 0.5) is 5.82 Å². The van der Waals surface area contributed by atoms with Crippen LogP contribution in [0.25, 0.3) is 0 Å². The molecule has 0 spiro atoms. The lowest BCUT2D eigenvalue weighted by atomic mass is 10.3. The molecule has 1 aromatic heterocycles. The van der Waals surface area contributed by atoms with Crippen LogP contribution < -0.4 is 10.6 Å². The smallest absolute Gasteiger partial charge is 0.221 e. The minimum Gasteiger partial charge on any atom is -0.370 e. The van der Waals surface area contributed by atoms with Crippen molar-refractivity contribution in [3.63, 3.8) is 0 Å². The van der Waals surface area contributed by atoms with Gasteiger partial charge in [0.1, 0.15) is 11.9 Å². The van der Waals surface area contributed by atoms with Gasteiger partial charge in [-0.2, -0.15) is 5.26 Å². The number of nitriles is 1. The van der Waals surface area contributed by atoms with E-state index in [1.807, 2.05) is 13.0 Å². The van der Waals surface area contributed by atoms with Gasteiger partial charge in [0.25, 0.3) is 0 Å². The van der Waals surface area contributed by atoms with Gasteiger partial charge >= 0.3 is 0 Å². The quantitative estimate of drug-likeness (QED) is 0.769. The molecule has 0 aliphatic heterocycles. The van der Waals surface area contributed by atoms with E-state index in [0.717, 1.165) is 0 Å². The van der Waals surface area contributed by atoms with Crippen molar-refractivity contribution in [2.24, 2.45) is 0 Å². The van der Waals surface area contributed by atoms with Crippen LogP contribution in [-0.4, -0.2) is 24.0 Å². The summed E-state index contributed by atoms with van der Waals surface area (Å²) in [4.78, 5) is 15.1. The molecule has 0 aliphatic carbocycles. The van der Waals surface area contributed by atoms with Crippen molar-refractivity contribution in [3.05, 3.63) is 23.9 Å². The van der Waals surface area contributed by atoms with E-state index in [-0.39, 0.29) is 5.91 Å². The van der Waals surface area contributed by atoms with Gasteiger partial charge in [0.15, 0.2) is 0 Å². The summed E-state index contributed by atoms with van der Waals surface area (Å²) in [5, 5.41) is 14.3. The number of rotatable bonds is 5. The Morgan fingerprint density at radius 1 is 1.56 bits per heavy atom. The summed E-state index contributed by atoms with van der Waals surface area (Å²) in [6, 6.07) is 5.39. The molecule has 0 bridgehead atoms. The normalized spacial score (nSPS) is 9.25. The molecule has 0 aromatic carbocycles. The van der Waals surface area contributed by atoms with Gasteiger partial charge in [0.05, 0.1) is 5.56 Å². The molecule has 84 valence electrons. The van der Waals surface area contributed by atoms with Gasteiger partial charge in [-0.25, -0.2) is 4.98 Å². The van der Waals surface area contributed by atoms with Gasteiger partial charge < -0.3 is 10.6 Å². The topological polar surface area (TPSA) is 77.8 Å². The summed E-state index contributed by atoms with van der Waals surface area (Å²) >= 11 is 0. The Balaban J connectivity index is 2.32. The minimum atomic E-state index is 0.0173. The molecule has 5 nitrogen and oxygen atoms in total. The lowest BCUT2D eigenvalue weighted by molar-refractivity contribution is -0.120. The summed E-state index contributed by atoms with van der Waals surface area (Å²) in [6.07, 6.45) is 1.91. The summed E-state index contributed by atoms with van der Waals surface area (Å²) in [5.74, 6) is 0.687. The minimum absolute atomic E-state index is 0.0173. The molecule has 16 heavy (non-hydrogen) atoms. The first-order valence-corrected chi connectivity index (χ1v) is 5.13. The molecule has 0 fully saturated rings. The lowest BCUT2D eigenvalue weighted by Gasteiger charge is -2.05. The van der Waals surface area contributed by atoms with E-state index >= 15 is 0 Å². The maximum absolute atomic E-state index is 11.1. The van der Waals surface area contributed by atoms with Crippen molar-refractivity contribution in [3.8, 4) is 6.07 Å². The molecule has 1 heterocycles. The summed E-state index contributed by atoms with van der Waals surface area (Å²) < 4.78 is 0. The number of carbonyl (C=O) groups is 1. The number of nitrogens with zero attached hydrogens (tertiary/aromatic N) is 2. The van der Waals surface area contributed by atoms with Crippen molar-refractivity contribution in [2.45, 2.75) is 13.3 Å². The third-order valence-corrected chi connectivity index (χ3v) is 1.92. The molecule has 0 saturated carbocycles. The van der Waals surface area contributed by atoms with Crippen molar-refractivity contribution in [2.75, 3.05) is 18.4 Å². The van der Waals surface area contributed by atoms with Crippen LogP contribution in [0.15, 0.2) is 18.3 Å². The predicted octanol–water partition coefficient (Wildman–Crippen LogP) is 0.891. The second-order valence-electron chi connectivity index (χ2n) is 3.17. The fourth-order valence-electron chi connectivity index (χ4n) is 1.15.